The average Bonchev–Trinajstić information content (AvgIpc) is 2.49. The molecule has 0 aliphatic heterocycles. The molecule has 0 bridgehead atoms. The van der Waals surface area contributed by atoms with E-state index in [0.29, 0.717) is 13.1 Å². The van der Waals surface area contributed by atoms with Crippen LogP contribution in [0.5, 0.6) is 0 Å². The Morgan fingerprint density at radius 2 is 1.19 bits per heavy atom. The zero-order chi connectivity index (χ0) is 16.5. The van der Waals surface area contributed by atoms with E-state index in [2.05, 4.69) is 36.1 Å². The maximum Gasteiger partial charge on any atom is 0.243 e. The molecule has 0 saturated carbocycles. The summed E-state index contributed by atoms with van der Waals surface area (Å²) < 4.78 is 0. The summed E-state index contributed by atoms with van der Waals surface area (Å²) >= 11 is 0. The lowest BCUT2D eigenvalue weighted by atomic mass is 10.6. The van der Waals surface area contributed by atoms with E-state index in [1.54, 1.807) is 21.6 Å². The summed E-state index contributed by atoms with van der Waals surface area (Å²) in [5.74, 6) is 0.886. The summed E-state index contributed by atoms with van der Waals surface area (Å²) in [5.41, 5.74) is 4.53. The third-order valence-corrected chi connectivity index (χ3v) is 4.03. The van der Waals surface area contributed by atoms with Crippen LogP contribution in [-0.4, -0.2) is 42.3 Å². The molecule has 0 aromatic heterocycles. The Labute approximate surface area is 133 Å². The molecular formula is C13H21N3O3S2. The van der Waals surface area contributed by atoms with Gasteiger partial charge in [0.1, 0.15) is 0 Å². The number of carbonyl (C=O) groups is 3. The molecule has 0 rings (SSSR count). The summed E-state index contributed by atoms with van der Waals surface area (Å²) in [6, 6.07) is 0. The van der Waals surface area contributed by atoms with Gasteiger partial charge in [-0.2, -0.15) is 0 Å². The molecule has 0 spiro atoms. The first-order valence-electron chi connectivity index (χ1n) is 5.94. The van der Waals surface area contributed by atoms with Crippen LogP contribution in [0.3, 0.4) is 0 Å². The molecule has 118 valence electrons. The Hall–Kier alpha value is -1.67. The minimum atomic E-state index is -0.481. The van der Waals surface area contributed by atoms with Crippen molar-refractivity contribution in [3.63, 3.8) is 0 Å². The highest BCUT2D eigenvalue weighted by Crippen LogP contribution is 2.19. The molecule has 3 amide bonds. The van der Waals surface area contributed by atoms with Crippen molar-refractivity contribution < 1.29 is 14.4 Å². The van der Waals surface area contributed by atoms with E-state index in [0.717, 1.165) is 17.6 Å². The van der Waals surface area contributed by atoms with Crippen LogP contribution in [0, 0.1) is 0 Å². The Morgan fingerprint density at radius 1 is 0.857 bits per heavy atom. The highest BCUT2D eigenvalue weighted by Gasteiger charge is 1.95. The summed E-state index contributed by atoms with van der Waals surface area (Å²) in [6.45, 7) is 11.0. The van der Waals surface area contributed by atoms with Gasteiger partial charge in [-0.05, 0) is 18.2 Å². The van der Waals surface area contributed by atoms with Gasteiger partial charge in [-0.25, -0.2) is 0 Å². The van der Waals surface area contributed by atoms with Gasteiger partial charge in [0, 0.05) is 24.6 Å². The molecule has 0 fully saturated rings. The van der Waals surface area contributed by atoms with Crippen molar-refractivity contribution in [2.24, 2.45) is 5.73 Å². The molecule has 0 saturated heterocycles. The Kier molecular flexibility index (Phi) is 16.9. The molecule has 0 aliphatic carbocycles. The van der Waals surface area contributed by atoms with Gasteiger partial charge in [0.15, 0.2) is 0 Å². The van der Waals surface area contributed by atoms with E-state index in [9.17, 15) is 14.4 Å². The molecule has 0 unspecified atom stereocenters. The normalized spacial score (nSPS) is 8.57. The molecule has 0 radical (unpaired) electrons. The smallest absolute Gasteiger partial charge is 0.243 e. The van der Waals surface area contributed by atoms with Crippen molar-refractivity contribution in [3.8, 4) is 0 Å². The molecule has 8 heteroatoms. The summed E-state index contributed by atoms with van der Waals surface area (Å²) in [7, 11) is 3.31. The molecule has 0 atom stereocenters. The number of nitrogens with one attached hydrogen (secondary N) is 2. The fraction of sp³-hybridized carbons (Fsp3) is 0.308. The Bertz CT molecular complexity index is 348. The third-order valence-electron chi connectivity index (χ3n) is 1.62. The van der Waals surface area contributed by atoms with Gasteiger partial charge in [0.05, 0.1) is 0 Å². The number of rotatable bonds is 10. The maximum absolute atomic E-state index is 10.8. The highest BCUT2D eigenvalue weighted by atomic mass is 33.1. The topological polar surface area (TPSA) is 101 Å². The zero-order valence-electron chi connectivity index (χ0n) is 11.8. The maximum atomic E-state index is 10.8. The second-order valence-corrected chi connectivity index (χ2v) is 5.94. The fourth-order valence-corrected chi connectivity index (χ4v) is 2.51. The van der Waals surface area contributed by atoms with Crippen molar-refractivity contribution in [3.05, 3.63) is 38.0 Å². The quantitative estimate of drug-likeness (QED) is 0.310. The van der Waals surface area contributed by atoms with Crippen LogP contribution in [0.4, 0.5) is 0 Å². The molecule has 0 aromatic rings. The van der Waals surface area contributed by atoms with Crippen LogP contribution in [0.2, 0.25) is 0 Å². The first kappa shape index (κ1) is 21.6. The summed E-state index contributed by atoms with van der Waals surface area (Å²) in [6.07, 6.45) is 3.56. The number of hydrogen-bond donors (Lipinski definition) is 3. The molecule has 6 nitrogen and oxygen atoms in total. The SMILES string of the molecule is C=CC(=O)NCCSSCCNC(=O)C=C.C=CC(N)=O. The largest absolute Gasteiger partial charge is 0.366 e. The van der Waals surface area contributed by atoms with Crippen LogP contribution in [0.1, 0.15) is 0 Å². The lowest BCUT2D eigenvalue weighted by Gasteiger charge is -2.03. The zero-order valence-corrected chi connectivity index (χ0v) is 13.4. The van der Waals surface area contributed by atoms with Gasteiger partial charge >= 0.3 is 0 Å². The number of hydrogen-bond acceptors (Lipinski definition) is 5. The van der Waals surface area contributed by atoms with E-state index in [1.165, 1.54) is 12.2 Å². The van der Waals surface area contributed by atoms with Crippen molar-refractivity contribution in [1.82, 2.24) is 10.6 Å². The van der Waals surface area contributed by atoms with Gasteiger partial charge in [-0.1, -0.05) is 41.3 Å². The molecule has 0 aliphatic rings. The number of carbonyl (C=O) groups excluding carboxylic acids is 3. The van der Waals surface area contributed by atoms with Crippen LogP contribution >= 0.6 is 21.6 Å². The molecule has 21 heavy (non-hydrogen) atoms. The van der Waals surface area contributed by atoms with Crippen molar-refractivity contribution in [2.75, 3.05) is 24.6 Å². The van der Waals surface area contributed by atoms with Gasteiger partial charge in [0.2, 0.25) is 17.7 Å². The summed E-state index contributed by atoms with van der Waals surface area (Å²) in [4.78, 5) is 31.0. The van der Waals surface area contributed by atoms with E-state index in [4.69, 9.17) is 0 Å². The van der Waals surface area contributed by atoms with Gasteiger partial charge in [-0.15, -0.1) is 0 Å². The predicted molar refractivity (Wildman–Crippen MR) is 90.7 cm³/mol. The lowest BCUT2D eigenvalue weighted by Crippen LogP contribution is -2.23. The van der Waals surface area contributed by atoms with Gasteiger partial charge in [0.25, 0.3) is 0 Å². The van der Waals surface area contributed by atoms with Crippen LogP contribution < -0.4 is 16.4 Å². The molecular weight excluding hydrogens is 310 g/mol. The van der Waals surface area contributed by atoms with E-state index >= 15 is 0 Å². The van der Waals surface area contributed by atoms with Crippen LogP contribution in [0.25, 0.3) is 0 Å². The first-order valence-corrected chi connectivity index (χ1v) is 8.43. The molecule has 4 N–H and O–H groups in total. The Balaban J connectivity index is 0. The number of amides is 3. The van der Waals surface area contributed by atoms with Gasteiger partial charge in [-0.3, -0.25) is 14.4 Å². The van der Waals surface area contributed by atoms with Crippen molar-refractivity contribution >= 4 is 39.3 Å². The van der Waals surface area contributed by atoms with E-state index in [1.807, 2.05) is 0 Å². The van der Waals surface area contributed by atoms with E-state index in [-0.39, 0.29) is 11.8 Å². The molecule has 0 heterocycles. The second kappa shape index (κ2) is 16.4. The second-order valence-electron chi connectivity index (χ2n) is 3.24. The first-order chi connectivity index (χ1) is 9.97. The van der Waals surface area contributed by atoms with Crippen LogP contribution in [-0.2, 0) is 14.4 Å². The monoisotopic (exact) mass is 331 g/mol. The standard InChI is InChI=1S/C10H16N2O2S2.C3H5NO/c1-3-9(13)11-5-7-15-16-8-6-12-10(14)4-2;1-2-3(4)5/h3-4H,1-2,5-8H2,(H,11,13)(H,12,14);2H,1H2,(H2,4,5). The average molecular weight is 331 g/mol. The third kappa shape index (κ3) is 20.8. The minimum Gasteiger partial charge on any atom is -0.366 e. The fourth-order valence-electron chi connectivity index (χ4n) is 0.694. The number of primary amides is 1. The number of nitrogens with two attached hydrogens (primary N) is 1. The minimum absolute atomic E-state index is 0.149. The highest BCUT2D eigenvalue weighted by molar-refractivity contribution is 8.76. The predicted octanol–water partition coefficient (Wildman–Crippen LogP) is 0.630. The van der Waals surface area contributed by atoms with E-state index < -0.39 is 5.91 Å². The Morgan fingerprint density at radius 3 is 1.43 bits per heavy atom. The lowest BCUT2D eigenvalue weighted by molar-refractivity contribution is -0.117. The summed E-state index contributed by atoms with van der Waals surface area (Å²) in [5, 5.41) is 5.35. The van der Waals surface area contributed by atoms with Crippen molar-refractivity contribution in [1.29, 1.82) is 0 Å². The van der Waals surface area contributed by atoms with Gasteiger partial charge < -0.3 is 16.4 Å². The van der Waals surface area contributed by atoms with Crippen molar-refractivity contribution in [2.45, 2.75) is 0 Å². The van der Waals surface area contributed by atoms with Crippen LogP contribution in [0.15, 0.2) is 38.0 Å². The molecule has 0 aromatic carbocycles.